The fraction of sp³-hybridized carbons (Fsp3) is 0.538. The monoisotopic (exact) mass is 385 g/mol. The molecule has 0 saturated heterocycles. The summed E-state index contributed by atoms with van der Waals surface area (Å²) in [5, 5.41) is 0. The summed E-state index contributed by atoms with van der Waals surface area (Å²) in [5.74, 6) is -1.32. The minimum absolute atomic E-state index is 0.0351. The van der Waals surface area contributed by atoms with E-state index < -0.39 is 28.2 Å². The molecular formula is C13H15BrF3NO2S. The van der Waals surface area contributed by atoms with Gasteiger partial charge in [0.1, 0.15) is 0 Å². The van der Waals surface area contributed by atoms with E-state index in [1.54, 1.807) is 18.2 Å². The van der Waals surface area contributed by atoms with Gasteiger partial charge in [-0.2, -0.15) is 13.2 Å². The van der Waals surface area contributed by atoms with Gasteiger partial charge < -0.3 is 0 Å². The molecule has 0 heterocycles. The zero-order valence-corrected chi connectivity index (χ0v) is 13.4. The smallest absolute Gasteiger partial charge is 0.208 e. The zero-order chi connectivity index (χ0) is 15.7. The third-order valence-electron chi connectivity index (χ3n) is 3.64. The van der Waals surface area contributed by atoms with Gasteiger partial charge in [0, 0.05) is 10.5 Å². The molecule has 0 unspecified atom stereocenters. The average molecular weight is 386 g/mol. The molecule has 0 radical (unpaired) electrons. The molecule has 1 aliphatic carbocycles. The van der Waals surface area contributed by atoms with Crippen molar-refractivity contribution in [3.8, 4) is 0 Å². The number of nitrogens with one attached hydrogen (secondary N) is 1. The minimum atomic E-state index is -4.19. The van der Waals surface area contributed by atoms with Gasteiger partial charge in [-0.25, -0.2) is 13.1 Å². The Morgan fingerprint density at radius 1 is 1.10 bits per heavy atom. The second-order valence-electron chi connectivity index (χ2n) is 5.14. The molecule has 0 aromatic heterocycles. The van der Waals surface area contributed by atoms with E-state index in [0.29, 0.717) is 4.47 Å². The highest BCUT2D eigenvalue weighted by Crippen LogP contribution is 2.37. The summed E-state index contributed by atoms with van der Waals surface area (Å²) in [4.78, 5) is 0.0999. The minimum Gasteiger partial charge on any atom is -0.208 e. The van der Waals surface area contributed by atoms with E-state index >= 15 is 0 Å². The van der Waals surface area contributed by atoms with E-state index in [1.807, 2.05) is 0 Å². The highest BCUT2D eigenvalue weighted by molar-refractivity contribution is 9.10. The molecule has 1 saturated carbocycles. The lowest BCUT2D eigenvalue weighted by Gasteiger charge is -2.30. The summed E-state index contributed by atoms with van der Waals surface area (Å²) in [6.45, 7) is 0. The first kappa shape index (κ1) is 16.8. The third-order valence-corrected chi connectivity index (χ3v) is 6.17. The van der Waals surface area contributed by atoms with E-state index in [0.717, 1.165) is 0 Å². The van der Waals surface area contributed by atoms with Gasteiger partial charge in [-0.15, -0.1) is 0 Å². The lowest BCUT2D eigenvalue weighted by atomic mass is 9.86. The van der Waals surface area contributed by atoms with Crippen molar-refractivity contribution in [3.05, 3.63) is 28.7 Å². The standard InChI is InChI=1S/C13H15BrF3NO2S/c14-11-3-1-2-4-12(11)21(19,20)18-10-7-5-9(6-8-10)13(15,16)17/h1-4,9-10,18H,5-8H2. The Bertz CT molecular complexity index is 596. The molecule has 8 heteroatoms. The normalized spacial score (nSPS) is 24.0. The fourth-order valence-electron chi connectivity index (χ4n) is 2.48. The topological polar surface area (TPSA) is 46.2 Å². The number of hydrogen-bond donors (Lipinski definition) is 1. The van der Waals surface area contributed by atoms with Gasteiger partial charge in [0.05, 0.1) is 10.8 Å². The van der Waals surface area contributed by atoms with E-state index in [-0.39, 0.29) is 30.6 Å². The lowest BCUT2D eigenvalue weighted by Crippen LogP contribution is -2.40. The molecule has 0 atom stereocenters. The van der Waals surface area contributed by atoms with Crippen LogP contribution >= 0.6 is 15.9 Å². The van der Waals surface area contributed by atoms with E-state index in [2.05, 4.69) is 20.7 Å². The summed E-state index contributed by atoms with van der Waals surface area (Å²) in [7, 11) is -3.72. The molecule has 1 fully saturated rings. The Kier molecular flexibility index (Phi) is 4.99. The number of benzene rings is 1. The van der Waals surface area contributed by atoms with Gasteiger partial charge in [0.25, 0.3) is 0 Å². The van der Waals surface area contributed by atoms with Crippen LogP contribution in [0.15, 0.2) is 33.6 Å². The summed E-state index contributed by atoms with van der Waals surface area (Å²) >= 11 is 3.16. The van der Waals surface area contributed by atoms with Crippen LogP contribution in [-0.2, 0) is 10.0 Å². The number of alkyl halides is 3. The molecule has 3 nitrogen and oxygen atoms in total. The number of hydrogen-bond acceptors (Lipinski definition) is 2. The van der Waals surface area contributed by atoms with Gasteiger partial charge >= 0.3 is 6.18 Å². The van der Waals surface area contributed by atoms with Crippen molar-refractivity contribution in [2.45, 2.75) is 42.8 Å². The maximum Gasteiger partial charge on any atom is 0.391 e. The van der Waals surface area contributed by atoms with Crippen molar-refractivity contribution in [3.63, 3.8) is 0 Å². The predicted octanol–water partition coefficient (Wildman–Crippen LogP) is 3.85. The van der Waals surface area contributed by atoms with E-state index in [1.165, 1.54) is 6.07 Å². The van der Waals surface area contributed by atoms with Crippen LogP contribution in [0, 0.1) is 5.92 Å². The molecule has 2 rings (SSSR count). The van der Waals surface area contributed by atoms with Crippen molar-refractivity contribution in [1.29, 1.82) is 0 Å². The maximum atomic E-state index is 12.6. The Balaban J connectivity index is 2.02. The van der Waals surface area contributed by atoms with Crippen LogP contribution in [-0.4, -0.2) is 20.6 Å². The quantitative estimate of drug-likeness (QED) is 0.858. The van der Waals surface area contributed by atoms with Crippen molar-refractivity contribution >= 4 is 26.0 Å². The first-order valence-corrected chi connectivity index (χ1v) is 8.81. The van der Waals surface area contributed by atoms with Gasteiger partial charge in [-0.1, -0.05) is 12.1 Å². The Morgan fingerprint density at radius 3 is 2.19 bits per heavy atom. The highest BCUT2D eigenvalue weighted by Gasteiger charge is 2.41. The maximum absolute atomic E-state index is 12.6. The van der Waals surface area contributed by atoms with Crippen LogP contribution in [0.4, 0.5) is 13.2 Å². The second kappa shape index (κ2) is 6.26. The largest absolute Gasteiger partial charge is 0.391 e. The predicted molar refractivity (Wildman–Crippen MR) is 76.3 cm³/mol. The van der Waals surface area contributed by atoms with Crippen LogP contribution in [0.3, 0.4) is 0 Å². The molecule has 1 aromatic rings. The zero-order valence-electron chi connectivity index (χ0n) is 11.0. The van der Waals surface area contributed by atoms with Crippen molar-refractivity contribution < 1.29 is 21.6 Å². The number of sulfonamides is 1. The first-order valence-electron chi connectivity index (χ1n) is 6.54. The fourth-order valence-corrected chi connectivity index (χ4v) is 4.79. The highest BCUT2D eigenvalue weighted by atomic mass is 79.9. The first-order chi connectivity index (χ1) is 9.70. The summed E-state index contributed by atoms with van der Waals surface area (Å²) in [5.41, 5.74) is 0. The van der Waals surface area contributed by atoms with E-state index in [4.69, 9.17) is 0 Å². The van der Waals surface area contributed by atoms with Crippen LogP contribution in [0.25, 0.3) is 0 Å². The Labute approximate surface area is 130 Å². The van der Waals surface area contributed by atoms with Gasteiger partial charge in [0.15, 0.2) is 0 Å². The molecule has 21 heavy (non-hydrogen) atoms. The molecule has 0 bridgehead atoms. The molecule has 0 spiro atoms. The van der Waals surface area contributed by atoms with Crippen LogP contribution in [0.2, 0.25) is 0 Å². The Morgan fingerprint density at radius 2 is 1.67 bits per heavy atom. The SMILES string of the molecule is O=S(=O)(NC1CCC(C(F)(F)F)CC1)c1ccccc1Br. The molecule has 0 aliphatic heterocycles. The summed E-state index contributed by atoms with van der Waals surface area (Å²) in [6, 6.07) is 5.90. The number of halogens is 4. The molecular weight excluding hydrogens is 371 g/mol. The molecule has 1 aromatic carbocycles. The average Bonchev–Trinajstić information content (AvgIpc) is 2.38. The third kappa shape index (κ3) is 4.20. The van der Waals surface area contributed by atoms with Crippen LogP contribution in [0.5, 0.6) is 0 Å². The van der Waals surface area contributed by atoms with Crippen LogP contribution in [0.1, 0.15) is 25.7 Å². The molecule has 1 aliphatic rings. The lowest BCUT2D eigenvalue weighted by molar-refractivity contribution is -0.182. The van der Waals surface area contributed by atoms with Crippen LogP contribution < -0.4 is 4.72 Å². The van der Waals surface area contributed by atoms with Crippen molar-refractivity contribution in [2.24, 2.45) is 5.92 Å². The Hall–Kier alpha value is -0.600. The summed E-state index contributed by atoms with van der Waals surface area (Å²) in [6.07, 6.45) is -3.85. The van der Waals surface area contributed by atoms with Crippen molar-refractivity contribution in [1.82, 2.24) is 4.72 Å². The summed E-state index contributed by atoms with van der Waals surface area (Å²) < 4.78 is 65.1. The van der Waals surface area contributed by atoms with Crippen molar-refractivity contribution in [2.75, 3.05) is 0 Å². The number of rotatable bonds is 3. The molecule has 118 valence electrons. The second-order valence-corrected chi connectivity index (χ2v) is 7.68. The van der Waals surface area contributed by atoms with E-state index in [9.17, 15) is 21.6 Å². The van der Waals surface area contributed by atoms with Gasteiger partial charge in [-0.05, 0) is 53.7 Å². The van der Waals surface area contributed by atoms with Gasteiger partial charge in [0.2, 0.25) is 10.0 Å². The molecule has 0 amide bonds. The van der Waals surface area contributed by atoms with Gasteiger partial charge in [-0.3, -0.25) is 0 Å². The molecule has 1 N–H and O–H groups in total.